The summed E-state index contributed by atoms with van der Waals surface area (Å²) in [6.45, 7) is 2.99. The van der Waals surface area contributed by atoms with Crippen LogP contribution in [0.4, 0.5) is 5.13 Å². The highest BCUT2D eigenvalue weighted by Gasteiger charge is 2.02. The third kappa shape index (κ3) is 7.17. The molecule has 0 saturated carbocycles. The number of nitrogens with one attached hydrogen (secondary N) is 2. The molecule has 0 bridgehead atoms. The summed E-state index contributed by atoms with van der Waals surface area (Å²) in [5, 5.41) is 12.7. The van der Waals surface area contributed by atoms with Crippen molar-refractivity contribution < 1.29 is 0 Å². The molecule has 0 amide bonds. The lowest BCUT2D eigenvalue weighted by Gasteiger charge is -2.02. The van der Waals surface area contributed by atoms with Crippen molar-refractivity contribution in [2.45, 2.75) is 31.9 Å². The van der Waals surface area contributed by atoms with E-state index in [4.69, 9.17) is 11.1 Å². The van der Waals surface area contributed by atoms with E-state index in [1.165, 1.54) is 17.6 Å². The summed E-state index contributed by atoms with van der Waals surface area (Å²) in [5.74, 6) is 2.26. The van der Waals surface area contributed by atoms with Crippen molar-refractivity contribution >= 4 is 40.4 Å². The minimum atomic E-state index is 0.436. The lowest BCUT2D eigenvalue weighted by molar-refractivity contribution is 0.751. The van der Waals surface area contributed by atoms with Crippen LogP contribution in [0.15, 0.2) is 10.4 Å². The summed E-state index contributed by atoms with van der Waals surface area (Å²) in [7, 11) is 0. The molecule has 19 heavy (non-hydrogen) atoms. The summed E-state index contributed by atoms with van der Waals surface area (Å²) in [6, 6.07) is 0. The Morgan fingerprint density at radius 3 is 3.26 bits per heavy atom. The van der Waals surface area contributed by atoms with Gasteiger partial charge in [-0.15, -0.1) is 11.3 Å². The fraction of sp³-hybridized carbons (Fsp3) is 0.583. The molecular formula is C12H21N5S2. The third-order valence-electron chi connectivity index (χ3n) is 2.25. The van der Waals surface area contributed by atoms with Crippen molar-refractivity contribution in [2.24, 2.45) is 10.7 Å². The van der Waals surface area contributed by atoms with Crippen LogP contribution in [0.1, 0.15) is 31.9 Å². The summed E-state index contributed by atoms with van der Waals surface area (Å²) in [5.41, 5.74) is 6.80. The van der Waals surface area contributed by atoms with E-state index in [1.54, 1.807) is 11.8 Å². The van der Waals surface area contributed by atoms with E-state index >= 15 is 0 Å². The zero-order chi connectivity index (χ0) is 13.9. The van der Waals surface area contributed by atoms with Crippen LogP contribution in [0.2, 0.25) is 0 Å². The number of hydrogen-bond donors (Lipinski definition) is 3. The van der Waals surface area contributed by atoms with E-state index in [0.717, 1.165) is 43.0 Å². The molecule has 0 aliphatic rings. The van der Waals surface area contributed by atoms with Gasteiger partial charge >= 0.3 is 0 Å². The molecule has 106 valence electrons. The van der Waals surface area contributed by atoms with Gasteiger partial charge in [-0.1, -0.05) is 13.3 Å². The van der Waals surface area contributed by atoms with Gasteiger partial charge in [-0.2, -0.15) is 16.8 Å². The zero-order valence-corrected chi connectivity index (χ0v) is 12.8. The molecule has 0 atom stereocenters. The van der Waals surface area contributed by atoms with Crippen LogP contribution in [-0.4, -0.2) is 29.5 Å². The number of hydrogen-bond acceptors (Lipinski definition) is 5. The first-order chi connectivity index (χ1) is 9.26. The fourth-order valence-electron chi connectivity index (χ4n) is 1.27. The highest BCUT2D eigenvalue weighted by atomic mass is 32.2. The van der Waals surface area contributed by atoms with Gasteiger partial charge in [0, 0.05) is 17.7 Å². The normalized spacial score (nSPS) is 11.5. The number of unbranched alkanes of at least 4 members (excludes halogenated alkanes) is 1. The van der Waals surface area contributed by atoms with Gasteiger partial charge in [0.1, 0.15) is 0 Å². The van der Waals surface area contributed by atoms with Crippen molar-refractivity contribution in [2.75, 3.05) is 12.3 Å². The highest BCUT2D eigenvalue weighted by Crippen LogP contribution is 2.21. The number of nitrogens with zero attached hydrogens (tertiary/aromatic N) is 2. The quantitative estimate of drug-likeness (QED) is 0.372. The molecule has 0 radical (unpaired) electrons. The van der Waals surface area contributed by atoms with Crippen molar-refractivity contribution in [3.63, 3.8) is 0 Å². The number of thiazole rings is 1. The number of nitrogens with two attached hydrogens (primary N) is 1. The molecule has 0 aliphatic heterocycles. The molecule has 0 saturated heterocycles. The molecule has 1 aromatic heterocycles. The van der Waals surface area contributed by atoms with E-state index in [9.17, 15) is 0 Å². The van der Waals surface area contributed by atoms with Gasteiger partial charge in [-0.05, 0) is 24.8 Å². The predicted octanol–water partition coefficient (Wildman–Crippen LogP) is 2.75. The van der Waals surface area contributed by atoms with E-state index in [2.05, 4.69) is 22.2 Å². The number of thioether (sulfide) groups is 1. The first-order valence-electron chi connectivity index (χ1n) is 6.35. The van der Waals surface area contributed by atoms with Gasteiger partial charge in [0.15, 0.2) is 5.96 Å². The molecule has 0 fully saturated rings. The summed E-state index contributed by atoms with van der Waals surface area (Å²) < 4.78 is 0. The van der Waals surface area contributed by atoms with Crippen LogP contribution >= 0.6 is 23.1 Å². The van der Waals surface area contributed by atoms with Crippen LogP contribution in [0.3, 0.4) is 0 Å². The Hall–Kier alpha value is -1.08. The van der Waals surface area contributed by atoms with E-state index in [1.807, 2.05) is 5.38 Å². The fourth-order valence-corrected chi connectivity index (χ4v) is 2.86. The van der Waals surface area contributed by atoms with Gasteiger partial charge < -0.3 is 16.5 Å². The Kier molecular flexibility index (Phi) is 8.24. The summed E-state index contributed by atoms with van der Waals surface area (Å²) in [4.78, 5) is 8.65. The second-order valence-corrected chi connectivity index (χ2v) is 5.89. The first kappa shape index (κ1) is 16.0. The summed E-state index contributed by atoms with van der Waals surface area (Å²) >= 11 is 3.28. The second-order valence-electron chi connectivity index (χ2n) is 3.94. The zero-order valence-electron chi connectivity index (χ0n) is 11.2. The number of rotatable bonds is 9. The van der Waals surface area contributed by atoms with Gasteiger partial charge in [0.2, 0.25) is 5.13 Å². The molecule has 0 spiro atoms. The van der Waals surface area contributed by atoms with E-state index < -0.39 is 0 Å². The predicted molar refractivity (Wildman–Crippen MR) is 85.9 cm³/mol. The van der Waals surface area contributed by atoms with Crippen LogP contribution in [0.5, 0.6) is 0 Å². The smallest absolute Gasteiger partial charge is 0.212 e. The number of aliphatic imine (C=N–C) groups is 1. The topological polar surface area (TPSA) is 87.2 Å². The van der Waals surface area contributed by atoms with Gasteiger partial charge in [0.05, 0.1) is 5.69 Å². The van der Waals surface area contributed by atoms with Crippen molar-refractivity contribution in [1.82, 2.24) is 10.3 Å². The van der Waals surface area contributed by atoms with Crippen LogP contribution in [-0.2, 0) is 5.75 Å². The SMILES string of the molecule is CCCCN/C(N)=N/c1nc(CSCCC=N)cs1. The summed E-state index contributed by atoms with van der Waals surface area (Å²) in [6.07, 6.45) is 4.47. The maximum absolute atomic E-state index is 6.95. The van der Waals surface area contributed by atoms with Gasteiger partial charge in [-0.3, -0.25) is 0 Å². The molecule has 5 nitrogen and oxygen atoms in total. The van der Waals surface area contributed by atoms with Crippen LogP contribution in [0, 0.1) is 5.41 Å². The van der Waals surface area contributed by atoms with E-state index in [-0.39, 0.29) is 0 Å². The molecule has 7 heteroatoms. The number of aromatic nitrogens is 1. The molecule has 0 unspecified atom stereocenters. The minimum Gasteiger partial charge on any atom is -0.370 e. The average molecular weight is 299 g/mol. The lowest BCUT2D eigenvalue weighted by atomic mass is 10.3. The van der Waals surface area contributed by atoms with Crippen LogP contribution in [0.25, 0.3) is 0 Å². The highest BCUT2D eigenvalue weighted by molar-refractivity contribution is 7.98. The maximum atomic E-state index is 6.95. The largest absolute Gasteiger partial charge is 0.370 e. The van der Waals surface area contributed by atoms with E-state index in [0.29, 0.717) is 11.1 Å². The van der Waals surface area contributed by atoms with Crippen molar-refractivity contribution in [1.29, 1.82) is 5.41 Å². The standard InChI is InChI=1S/C12H21N5S2/c1-2-3-6-15-11(14)17-12-16-10(9-19-12)8-18-7-4-5-13/h5,9,13H,2-4,6-8H2,1H3,(H3,14,15,16,17). The molecule has 0 aliphatic carbocycles. The third-order valence-corrected chi connectivity index (χ3v) is 4.06. The second kappa shape index (κ2) is 9.80. The maximum Gasteiger partial charge on any atom is 0.212 e. The van der Waals surface area contributed by atoms with Gasteiger partial charge in [-0.25, -0.2) is 4.98 Å². The average Bonchev–Trinajstić information content (AvgIpc) is 2.82. The molecule has 4 N–H and O–H groups in total. The Balaban J connectivity index is 2.36. The molecule has 1 aromatic rings. The lowest BCUT2D eigenvalue weighted by Crippen LogP contribution is -2.31. The number of guanidine groups is 1. The minimum absolute atomic E-state index is 0.436. The molecule has 0 aromatic carbocycles. The Morgan fingerprint density at radius 1 is 1.68 bits per heavy atom. The Morgan fingerprint density at radius 2 is 2.53 bits per heavy atom. The molecule has 1 rings (SSSR count). The first-order valence-corrected chi connectivity index (χ1v) is 8.38. The van der Waals surface area contributed by atoms with Crippen LogP contribution < -0.4 is 11.1 Å². The van der Waals surface area contributed by atoms with Crippen molar-refractivity contribution in [3.05, 3.63) is 11.1 Å². The Bertz CT molecular complexity index is 403. The molecule has 1 heterocycles. The Labute approximate surface area is 122 Å². The molecular weight excluding hydrogens is 278 g/mol. The van der Waals surface area contributed by atoms with Gasteiger partial charge in [0.25, 0.3) is 0 Å². The van der Waals surface area contributed by atoms with Crippen molar-refractivity contribution in [3.8, 4) is 0 Å². The monoisotopic (exact) mass is 299 g/mol.